The first-order valence-electron chi connectivity index (χ1n) is 6.67. The fourth-order valence-corrected chi connectivity index (χ4v) is 3.69. The van der Waals surface area contributed by atoms with E-state index in [9.17, 15) is 0 Å². The lowest BCUT2D eigenvalue weighted by Gasteiger charge is -2.24. The van der Waals surface area contributed by atoms with E-state index in [1.807, 2.05) is 23.9 Å². The van der Waals surface area contributed by atoms with Crippen LogP contribution in [0.2, 0.25) is 0 Å². The smallest absolute Gasteiger partial charge is 0.0948 e. The van der Waals surface area contributed by atoms with E-state index in [1.165, 1.54) is 30.5 Å². The number of hydrogen-bond donors (Lipinski definition) is 1. The number of nitrogens with zero attached hydrogens (tertiary/aromatic N) is 2. The maximum absolute atomic E-state index is 4.22. The van der Waals surface area contributed by atoms with E-state index in [1.54, 1.807) is 4.88 Å². The van der Waals surface area contributed by atoms with Crippen LogP contribution in [0.1, 0.15) is 41.9 Å². The molecule has 3 nitrogen and oxygen atoms in total. The van der Waals surface area contributed by atoms with E-state index in [2.05, 4.69) is 33.2 Å². The molecule has 0 aromatic carbocycles. The van der Waals surface area contributed by atoms with Gasteiger partial charge in [-0.05, 0) is 43.2 Å². The lowest BCUT2D eigenvalue weighted by Crippen LogP contribution is -2.24. The SMILES string of the molecule is CCn1cncc1CNC1CCCc2sccc21. The number of aromatic nitrogens is 2. The van der Waals surface area contributed by atoms with Gasteiger partial charge < -0.3 is 9.88 Å². The topological polar surface area (TPSA) is 29.9 Å². The summed E-state index contributed by atoms with van der Waals surface area (Å²) in [5, 5.41) is 5.91. The van der Waals surface area contributed by atoms with Gasteiger partial charge in [0, 0.05) is 30.2 Å². The highest BCUT2D eigenvalue weighted by molar-refractivity contribution is 7.10. The molecule has 1 atom stereocenters. The Bertz CT molecular complexity index is 515. The van der Waals surface area contributed by atoms with Gasteiger partial charge in [0.25, 0.3) is 0 Å². The minimum atomic E-state index is 0.528. The molecular weight excluding hydrogens is 242 g/mol. The van der Waals surface area contributed by atoms with Gasteiger partial charge in [-0.2, -0.15) is 0 Å². The summed E-state index contributed by atoms with van der Waals surface area (Å²) in [6.45, 7) is 4.06. The minimum absolute atomic E-state index is 0.528. The third kappa shape index (κ3) is 2.22. The van der Waals surface area contributed by atoms with E-state index >= 15 is 0 Å². The zero-order chi connectivity index (χ0) is 12.4. The number of thiophene rings is 1. The monoisotopic (exact) mass is 261 g/mol. The van der Waals surface area contributed by atoms with Gasteiger partial charge in [0.1, 0.15) is 0 Å². The molecule has 0 amide bonds. The fourth-order valence-electron chi connectivity index (χ4n) is 2.71. The van der Waals surface area contributed by atoms with Crippen LogP contribution in [0.4, 0.5) is 0 Å². The molecule has 0 saturated carbocycles. The number of aryl methyl sites for hydroxylation is 2. The summed E-state index contributed by atoms with van der Waals surface area (Å²) in [6, 6.07) is 2.81. The van der Waals surface area contributed by atoms with Crippen LogP contribution in [-0.4, -0.2) is 9.55 Å². The Morgan fingerprint density at radius 1 is 1.56 bits per heavy atom. The van der Waals surface area contributed by atoms with Crippen molar-refractivity contribution in [3.63, 3.8) is 0 Å². The van der Waals surface area contributed by atoms with Crippen LogP contribution in [0.5, 0.6) is 0 Å². The van der Waals surface area contributed by atoms with Crippen molar-refractivity contribution in [1.82, 2.24) is 14.9 Å². The van der Waals surface area contributed by atoms with Gasteiger partial charge in [0.05, 0.1) is 12.0 Å². The number of hydrogen-bond acceptors (Lipinski definition) is 3. The predicted octanol–water partition coefficient (Wildman–Crippen LogP) is 3.13. The van der Waals surface area contributed by atoms with E-state index in [4.69, 9.17) is 0 Å². The van der Waals surface area contributed by atoms with Gasteiger partial charge in [-0.3, -0.25) is 0 Å². The van der Waals surface area contributed by atoms with E-state index < -0.39 is 0 Å². The number of nitrogens with one attached hydrogen (secondary N) is 1. The van der Waals surface area contributed by atoms with Crippen LogP contribution >= 0.6 is 11.3 Å². The highest BCUT2D eigenvalue weighted by Crippen LogP contribution is 2.33. The van der Waals surface area contributed by atoms with E-state index in [0.29, 0.717) is 6.04 Å². The normalized spacial score (nSPS) is 18.8. The Labute approximate surface area is 112 Å². The van der Waals surface area contributed by atoms with Gasteiger partial charge in [0.15, 0.2) is 0 Å². The third-order valence-electron chi connectivity index (χ3n) is 3.72. The Morgan fingerprint density at radius 3 is 3.39 bits per heavy atom. The molecule has 0 saturated heterocycles. The Morgan fingerprint density at radius 2 is 2.50 bits per heavy atom. The summed E-state index contributed by atoms with van der Waals surface area (Å²) in [5.74, 6) is 0. The second-order valence-electron chi connectivity index (χ2n) is 4.80. The molecule has 0 fully saturated rings. The Balaban J connectivity index is 1.68. The third-order valence-corrected chi connectivity index (χ3v) is 4.72. The molecule has 4 heteroatoms. The molecule has 2 aromatic heterocycles. The van der Waals surface area contributed by atoms with Crippen LogP contribution in [0, 0.1) is 0 Å². The van der Waals surface area contributed by atoms with Crippen molar-refractivity contribution in [2.75, 3.05) is 0 Å². The highest BCUT2D eigenvalue weighted by Gasteiger charge is 2.20. The standard InChI is InChI=1S/C14H19N3S/c1-2-17-10-15-8-11(17)9-16-13-4-3-5-14-12(13)6-7-18-14/h6-8,10,13,16H,2-5,9H2,1H3. The van der Waals surface area contributed by atoms with Crippen LogP contribution in [0.25, 0.3) is 0 Å². The van der Waals surface area contributed by atoms with Crippen molar-refractivity contribution in [3.05, 3.63) is 40.1 Å². The molecule has 18 heavy (non-hydrogen) atoms. The van der Waals surface area contributed by atoms with Crippen LogP contribution in [0.15, 0.2) is 24.0 Å². The lowest BCUT2D eigenvalue weighted by atomic mass is 9.94. The first-order valence-corrected chi connectivity index (χ1v) is 7.55. The highest BCUT2D eigenvalue weighted by atomic mass is 32.1. The summed E-state index contributed by atoms with van der Waals surface area (Å²) >= 11 is 1.90. The maximum Gasteiger partial charge on any atom is 0.0948 e. The van der Waals surface area contributed by atoms with Crippen LogP contribution in [0.3, 0.4) is 0 Å². The Hall–Kier alpha value is -1.13. The fraction of sp³-hybridized carbons (Fsp3) is 0.500. The molecule has 0 bridgehead atoms. The number of fused-ring (bicyclic) bond motifs is 1. The van der Waals surface area contributed by atoms with Crippen molar-refractivity contribution in [2.45, 2.75) is 45.3 Å². The molecule has 1 aliphatic rings. The summed E-state index contributed by atoms with van der Waals surface area (Å²) in [7, 11) is 0. The summed E-state index contributed by atoms with van der Waals surface area (Å²) < 4.78 is 2.20. The molecule has 1 aliphatic carbocycles. The molecule has 0 radical (unpaired) electrons. The molecule has 2 aromatic rings. The molecule has 96 valence electrons. The second kappa shape index (κ2) is 5.24. The van der Waals surface area contributed by atoms with Gasteiger partial charge in [-0.15, -0.1) is 11.3 Å². The van der Waals surface area contributed by atoms with Crippen LogP contribution in [-0.2, 0) is 19.5 Å². The lowest BCUT2D eigenvalue weighted by molar-refractivity contribution is 0.454. The molecular formula is C14H19N3S. The van der Waals surface area contributed by atoms with Crippen molar-refractivity contribution in [1.29, 1.82) is 0 Å². The van der Waals surface area contributed by atoms with Crippen LogP contribution < -0.4 is 5.32 Å². The van der Waals surface area contributed by atoms with Gasteiger partial charge in [-0.1, -0.05) is 0 Å². The summed E-state index contributed by atoms with van der Waals surface area (Å²) in [5.41, 5.74) is 2.80. The molecule has 1 N–H and O–H groups in total. The van der Waals surface area contributed by atoms with Gasteiger partial charge in [0.2, 0.25) is 0 Å². The van der Waals surface area contributed by atoms with Gasteiger partial charge >= 0.3 is 0 Å². The molecule has 0 aliphatic heterocycles. The van der Waals surface area contributed by atoms with E-state index in [0.717, 1.165) is 13.1 Å². The van der Waals surface area contributed by atoms with Crippen molar-refractivity contribution < 1.29 is 0 Å². The first kappa shape index (κ1) is 11.9. The minimum Gasteiger partial charge on any atom is -0.334 e. The number of imidazole rings is 1. The quantitative estimate of drug-likeness (QED) is 0.916. The van der Waals surface area contributed by atoms with E-state index in [-0.39, 0.29) is 0 Å². The average Bonchev–Trinajstić information content (AvgIpc) is 3.04. The molecule has 0 spiro atoms. The number of rotatable bonds is 4. The summed E-state index contributed by atoms with van der Waals surface area (Å²) in [4.78, 5) is 5.79. The zero-order valence-electron chi connectivity index (χ0n) is 10.7. The van der Waals surface area contributed by atoms with Gasteiger partial charge in [-0.25, -0.2) is 4.98 Å². The van der Waals surface area contributed by atoms with Crippen molar-refractivity contribution >= 4 is 11.3 Å². The molecule has 3 rings (SSSR count). The molecule has 1 unspecified atom stereocenters. The maximum atomic E-state index is 4.22. The van der Waals surface area contributed by atoms with Crippen molar-refractivity contribution in [3.8, 4) is 0 Å². The molecule has 2 heterocycles. The predicted molar refractivity (Wildman–Crippen MR) is 74.7 cm³/mol. The Kier molecular flexibility index (Phi) is 3.48. The zero-order valence-corrected chi connectivity index (χ0v) is 11.5. The summed E-state index contributed by atoms with van der Waals surface area (Å²) in [6.07, 6.45) is 7.70. The second-order valence-corrected chi connectivity index (χ2v) is 5.80. The largest absolute Gasteiger partial charge is 0.334 e. The first-order chi connectivity index (χ1) is 8.88. The van der Waals surface area contributed by atoms with Crippen molar-refractivity contribution in [2.24, 2.45) is 0 Å². The average molecular weight is 261 g/mol.